The average Bonchev–Trinajstić information content (AvgIpc) is 2.87. The van der Waals surface area contributed by atoms with E-state index < -0.39 is 17.2 Å². The lowest BCUT2D eigenvalue weighted by Gasteiger charge is -2.24. The maximum Gasteiger partial charge on any atom is 0.342 e. The SMILES string of the molecule is CN1CCc2c(c(-c3ccc(F)c(F)c3)nn2C(=O)NC(C)(C)C)C1. The Hall–Kier alpha value is -2.28. The van der Waals surface area contributed by atoms with Gasteiger partial charge in [0.25, 0.3) is 0 Å². The first-order valence-corrected chi connectivity index (χ1v) is 8.23. The Bertz CT molecular complexity index is 823. The molecule has 134 valence electrons. The van der Waals surface area contributed by atoms with E-state index in [2.05, 4.69) is 15.3 Å². The highest BCUT2D eigenvalue weighted by Crippen LogP contribution is 2.30. The number of hydrogen-bond donors (Lipinski definition) is 1. The van der Waals surface area contributed by atoms with Gasteiger partial charge in [0.1, 0.15) is 0 Å². The average molecular weight is 348 g/mol. The van der Waals surface area contributed by atoms with Crippen LogP contribution in [0.3, 0.4) is 0 Å². The topological polar surface area (TPSA) is 50.2 Å². The number of carbonyl (C=O) groups excluding carboxylic acids is 1. The van der Waals surface area contributed by atoms with Crippen LogP contribution in [-0.4, -0.2) is 39.8 Å². The largest absolute Gasteiger partial charge is 0.342 e. The number of likely N-dealkylation sites (N-methyl/N-ethyl adjacent to an activating group) is 1. The van der Waals surface area contributed by atoms with Gasteiger partial charge in [-0.25, -0.2) is 13.6 Å². The van der Waals surface area contributed by atoms with Crippen molar-refractivity contribution in [2.45, 2.75) is 39.3 Å². The maximum absolute atomic E-state index is 13.7. The third-order valence-corrected chi connectivity index (χ3v) is 4.12. The molecule has 1 aromatic carbocycles. The summed E-state index contributed by atoms with van der Waals surface area (Å²) in [5.74, 6) is -1.83. The van der Waals surface area contributed by atoms with Crippen LogP contribution in [0.4, 0.5) is 13.6 Å². The second-order valence-corrected chi connectivity index (χ2v) is 7.48. The van der Waals surface area contributed by atoms with E-state index in [9.17, 15) is 13.6 Å². The molecule has 0 unspecified atom stereocenters. The van der Waals surface area contributed by atoms with E-state index in [1.54, 1.807) is 0 Å². The molecule has 7 heteroatoms. The number of hydrogen-bond acceptors (Lipinski definition) is 3. The van der Waals surface area contributed by atoms with Crippen molar-refractivity contribution in [2.75, 3.05) is 13.6 Å². The molecule has 1 aliphatic rings. The Balaban J connectivity index is 2.09. The molecule has 0 fully saturated rings. The minimum absolute atomic E-state index is 0.317. The van der Waals surface area contributed by atoms with Crippen molar-refractivity contribution in [3.05, 3.63) is 41.1 Å². The van der Waals surface area contributed by atoms with Crippen molar-refractivity contribution in [1.82, 2.24) is 20.0 Å². The molecule has 1 aliphatic heterocycles. The predicted octanol–water partition coefficient (Wildman–Crippen LogP) is 3.17. The highest BCUT2D eigenvalue weighted by Gasteiger charge is 2.28. The molecule has 2 heterocycles. The van der Waals surface area contributed by atoms with Gasteiger partial charge in [0.05, 0.1) is 11.4 Å². The molecule has 5 nitrogen and oxygen atoms in total. The highest BCUT2D eigenvalue weighted by molar-refractivity contribution is 5.79. The van der Waals surface area contributed by atoms with Gasteiger partial charge in [0.15, 0.2) is 11.6 Å². The van der Waals surface area contributed by atoms with Gasteiger partial charge in [-0.15, -0.1) is 0 Å². The summed E-state index contributed by atoms with van der Waals surface area (Å²) in [6, 6.07) is 3.38. The zero-order valence-electron chi connectivity index (χ0n) is 14.9. The number of carbonyl (C=O) groups is 1. The van der Waals surface area contributed by atoms with E-state index >= 15 is 0 Å². The zero-order valence-corrected chi connectivity index (χ0v) is 14.9. The first kappa shape index (κ1) is 17.5. The van der Waals surface area contributed by atoms with Gasteiger partial charge in [-0.3, -0.25) is 0 Å². The first-order chi connectivity index (χ1) is 11.7. The predicted molar refractivity (Wildman–Crippen MR) is 91.3 cm³/mol. The second kappa shape index (κ2) is 6.22. The third kappa shape index (κ3) is 3.56. The molecule has 0 saturated carbocycles. The number of benzene rings is 1. The summed E-state index contributed by atoms with van der Waals surface area (Å²) in [6.45, 7) is 7.09. The van der Waals surface area contributed by atoms with Gasteiger partial charge in [-0.1, -0.05) is 0 Å². The molecule has 0 aliphatic carbocycles. The lowest BCUT2D eigenvalue weighted by Crippen LogP contribution is -2.44. The van der Waals surface area contributed by atoms with E-state index in [1.165, 1.54) is 10.7 Å². The van der Waals surface area contributed by atoms with Crippen LogP contribution in [-0.2, 0) is 13.0 Å². The van der Waals surface area contributed by atoms with Crippen LogP contribution in [0, 0.1) is 11.6 Å². The monoisotopic (exact) mass is 348 g/mol. The van der Waals surface area contributed by atoms with Crippen LogP contribution in [0.25, 0.3) is 11.3 Å². The standard InChI is InChI=1S/C18H22F2N4O/c1-18(2,3)21-17(25)24-15-7-8-23(4)10-12(15)16(22-24)11-5-6-13(19)14(20)9-11/h5-6,9H,7-8,10H2,1-4H3,(H,21,25). The van der Waals surface area contributed by atoms with Crippen molar-refractivity contribution in [2.24, 2.45) is 0 Å². The van der Waals surface area contributed by atoms with Gasteiger partial charge in [-0.2, -0.15) is 9.78 Å². The Morgan fingerprint density at radius 3 is 2.60 bits per heavy atom. The summed E-state index contributed by atoms with van der Waals surface area (Å²) >= 11 is 0. The summed E-state index contributed by atoms with van der Waals surface area (Å²) in [7, 11) is 1.98. The van der Waals surface area contributed by atoms with Crippen LogP contribution in [0.2, 0.25) is 0 Å². The Morgan fingerprint density at radius 2 is 1.96 bits per heavy atom. The van der Waals surface area contributed by atoms with Gasteiger partial charge in [-0.05, 0) is 46.0 Å². The fourth-order valence-corrected chi connectivity index (χ4v) is 2.97. The van der Waals surface area contributed by atoms with E-state index in [0.29, 0.717) is 24.2 Å². The first-order valence-electron chi connectivity index (χ1n) is 8.23. The molecule has 25 heavy (non-hydrogen) atoms. The van der Waals surface area contributed by atoms with Crippen LogP contribution < -0.4 is 5.32 Å². The van der Waals surface area contributed by atoms with Crippen molar-refractivity contribution in [3.8, 4) is 11.3 Å². The lowest BCUT2D eigenvalue weighted by molar-refractivity contribution is 0.228. The van der Waals surface area contributed by atoms with Gasteiger partial charge < -0.3 is 10.2 Å². The number of nitrogens with zero attached hydrogens (tertiary/aromatic N) is 3. The molecule has 1 aromatic heterocycles. The fraction of sp³-hybridized carbons (Fsp3) is 0.444. The van der Waals surface area contributed by atoms with Crippen LogP contribution in [0.5, 0.6) is 0 Å². The Kier molecular flexibility index (Phi) is 4.36. The fourth-order valence-electron chi connectivity index (χ4n) is 2.97. The molecule has 1 amide bonds. The molecule has 0 saturated heterocycles. The molecule has 0 atom stereocenters. The number of halogens is 2. The number of rotatable bonds is 1. The minimum atomic E-state index is -0.927. The normalized spacial score (nSPS) is 15.1. The molecule has 0 radical (unpaired) electrons. The van der Waals surface area contributed by atoms with E-state index in [0.717, 1.165) is 29.9 Å². The quantitative estimate of drug-likeness (QED) is 0.861. The van der Waals surface area contributed by atoms with E-state index in [1.807, 2.05) is 27.8 Å². The van der Waals surface area contributed by atoms with E-state index in [4.69, 9.17) is 0 Å². The van der Waals surface area contributed by atoms with E-state index in [-0.39, 0.29) is 6.03 Å². The number of aromatic nitrogens is 2. The summed E-state index contributed by atoms with van der Waals surface area (Å²) in [5, 5.41) is 7.34. The van der Waals surface area contributed by atoms with Crippen molar-refractivity contribution in [3.63, 3.8) is 0 Å². The van der Waals surface area contributed by atoms with Gasteiger partial charge in [0.2, 0.25) is 0 Å². The number of fused-ring (bicyclic) bond motifs is 1. The molecule has 0 bridgehead atoms. The summed E-state index contributed by atoms with van der Waals surface area (Å²) in [6.07, 6.45) is 0.667. The molecule has 1 N–H and O–H groups in total. The van der Waals surface area contributed by atoms with Crippen LogP contribution in [0.15, 0.2) is 18.2 Å². The summed E-state index contributed by atoms with van der Waals surface area (Å²) in [5.41, 5.74) is 2.28. The van der Waals surface area contributed by atoms with Gasteiger partial charge >= 0.3 is 6.03 Å². The van der Waals surface area contributed by atoms with Crippen LogP contribution in [0.1, 0.15) is 32.0 Å². The third-order valence-electron chi connectivity index (χ3n) is 4.12. The zero-order chi connectivity index (χ0) is 18.4. The highest BCUT2D eigenvalue weighted by atomic mass is 19.2. The Morgan fingerprint density at radius 1 is 1.24 bits per heavy atom. The molecule has 3 rings (SSSR count). The van der Waals surface area contributed by atoms with Gasteiger partial charge in [0, 0.05) is 36.2 Å². The van der Waals surface area contributed by atoms with Crippen LogP contribution >= 0.6 is 0 Å². The smallest absolute Gasteiger partial charge is 0.332 e. The van der Waals surface area contributed by atoms with Crippen molar-refractivity contribution < 1.29 is 13.6 Å². The lowest BCUT2D eigenvalue weighted by atomic mass is 10.0. The van der Waals surface area contributed by atoms with Crippen molar-refractivity contribution >= 4 is 6.03 Å². The Labute approximate surface area is 145 Å². The summed E-state index contributed by atoms with van der Waals surface area (Å²) in [4.78, 5) is 14.7. The molecular formula is C18H22F2N4O. The number of amides is 1. The number of nitrogens with one attached hydrogen (secondary N) is 1. The van der Waals surface area contributed by atoms with Crippen molar-refractivity contribution in [1.29, 1.82) is 0 Å². The second-order valence-electron chi connectivity index (χ2n) is 7.48. The molecule has 2 aromatic rings. The molecular weight excluding hydrogens is 326 g/mol. The molecule has 0 spiro atoms. The maximum atomic E-state index is 13.7. The summed E-state index contributed by atoms with van der Waals surface area (Å²) < 4.78 is 28.3. The minimum Gasteiger partial charge on any atom is -0.332 e.